The van der Waals surface area contributed by atoms with Crippen LogP contribution >= 0.6 is 0 Å². The molecule has 0 aromatic heterocycles. The fourth-order valence-electron chi connectivity index (χ4n) is 2.66. The van der Waals surface area contributed by atoms with Crippen LogP contribution in [0.3, 0.4) is 0 Å². The molecule has 0 saturated heterocycles. The molecule has 4 nitrogen and oxygen atoms in total. The van der Waals surface area contributed by atoms with Crippen LogP contribution in [0.1, 0.15) is 31.9 Å². The standard InChI is InChI=1S/C23H26O4/c1-17(2)26-23(25)21(16-20-12-8-5-9-13-20)18(3)27-22(24)15-14-19-10-6-4-7-11-19/h4-15,17-18,21H,16H2,1-3H3. The zero-order valence-corrected chi connectivity index (χ0v) is 16.0. The lowest BCUT2D eigenvalue weighted by Crippen LogP contribution is -2.34. The van der Waals surface area contributed by atoms with Crippen LogP contribution in [0.25, 0.3) is 6.08 Å². The molecule has 0 amide bonds. The van der Waals surface area contributed by atoms with Crippen LogP contribution in [0.4, 0.5) is 0 Å². The first kappa shape index (κ1) is 20.4. The van der Waals surface area contributed by atoms with Gasteiger partial charge >= 0.3 is 11.9 Å². The van der Waals surface area contributed by atoms with Crippen LogP contribution < -0.4 is 0 Å². The van der Waals surface area contributed by atoms with Crippen molar-refractivity contribution in [3.63, 3.8) is 0 Å². The number of hydrogen-bond donors (Lipinski definition) is 0. The maximum atomic E-state index is 12.5. The van der Waals surface area contributed by atoms with Crippen molar-refractivity contribution in [1.29, 1.82) is 0 Å². The lowest BCUT2D eigenvalue weighted by Gasteiger charge is -2.23. The van der Waals surface area contributed by atoms with Crippen molar-refractivity contribution < 1.29 is 19.1 Å². The molecule has 0 aliphatic heterocycles. The van der Waals surface area contributed by atoms with Gasteiger partial charge in [0.1, 0.15) is 6.10 Å². The Kier molecular flexibility index (Phi) is 7.80. The van der Waals surface area contributed by atoms with Crippen LogP contribution in [0.15, 0.2) is 66.7 Å². The van der Waals surface area contributed by atoms with Gasteiger partial charge < -0.3 is 9.47 Å². The summed E-state index contributed by atoms with van der Waals surface area (Å²) in [5.74, 6) is -1.41. The molecule has 2 aromatic carbocycles. The first-order valence-electron chi connectivity index (χ1n) is 9.14. The number of carbonyl (C=O) groups is 2. The Bertz CT molecular complexity index is 750. The summed E-state index contributed by atoms with van der Waals surface area (Å²) in [4.78, 5) is 24.7. The smallest absolute Gasteiger partial charge is 0.331 e. The molecule has 0 spiro atoms. The van der Waals surface area contributed by atoms with Crippen molar-refractivity contribution in [1.82, 2.24) is 0 Å². The molecule has 0 radical (unpaired) electrons. The van der Waals surface area contributed by atoms with Gasteiger partial charge in [-0.15, -0.1) is 0 Å². The SMILES string of the molecule is CC(C)OC(=O)C(Cc1ccccc1)C(C)OC(=O)C=Cc1ccccc1. The summed E-state index contributed by atoms with van der Waals surface area (Å²) in [6.07, 6.45) is 2.68. The summed E-state index contributed by atoms with van der Waals surface area (Å²) in [6, 6.07) is 19.1. The lowest BCUT2D eigenvalue weighted by atomic mass is 9.94. The van der Waals surface area contributed by atoms with E-state index >= 15 is 0 Å². The molecule has 0 bridgehead atoms. The predicted molar refractivity (Wildman–Crippen MR) is 106 cm³/mol. The zero-order chi connectivity index (χ0) is 19.6. The van der Waals surface area contributed by atoms with Crippen molar-refractivity contribution >= 4 is 18.0 Å². The van der Waals surface area contributed by atoms with Crippen LogP contribution in [0.2, 0.25) is 0 Å². The first-order valence-corrected chi connectivity index (χ1v) is 9.14. The molecule has 2 atom stereocenters. The fraction of sp³-hybridized carbons (Fsp3) is 0.304. The van der Waals surface area contributed by atoms with Crippen molar-refractivity contribution in [3.8, 4) is 0 Å². The second kappa shape index (κ2) is 10.3. The van der Waals surface area contributed by atoms with Crippen molar-refractivity contribution in [2.45, 2.75) is 39.4 Å². The Hall–Kier alpha value is -2.88. The summed E-state index contributed by atoms with van der Waals surface area (Å²) in [6.45, 7) is 5.33. The molecule has 2 aromatic rings. The van der Waals surface area contributed by atoms with E-state index in [-0.39, 0.29) is 12.1 Å². The van der Waals surface area contributed by atoms with Gasteiger partial charge in [0.2, 0.25) is 0 Å². The maximum Gasteiger partial charge on any atom is 0.331 e. The van der Waals surface area contributed by atoms with E-state index < -0.39 is 18.0 Å². The molecule has 0 aliphatic carbocycles. The Labute approximate surface area is 160 Å². The summed E-state index contributed by atoms with van der Waals surface area (Å²) < 4.78 is 10.9. The van der Waals surface area contributed by atoms with E-state index in [0.29, 0.717) is 6.42 Å². The number of carbonyl (C=O) groups excluding carboxylic acids is 2. The van der Waals surface area contributed by atoms with Crippen LogP contribution in [0.5, 0.6) is 0 Å². The predicted octanol–water partition coefficient (Wildman–Crippen LogP) is 4.44. The molecule has 0 N–H and O–H groups in total. The summed E-state index contributed by atoms with van der Waals surface area (Å²) in [5, 5.41) is 0. The number of benzene rings is 2. The molecule has 0 heterocycles. The van der Waals surface area contributed by atoms with E-state index in [1.807, 2.05) is 60.7 Å². The van der Waals surface area contributed by atoms with Gasteiger partial charge in [0, 0.05) is 6.08 Å². The number of hydrogen-bond acceptors (Lipinski definition) is 4. The molecular weight excluding hydrogens is 340 g/mol. The molecule has 0 aliphatic rings. The van der Waals surface area contributed by atoms with Crippen LogP contribution in [0, 0.1) is 5.92 Å². The summed E-state index contributed by atoms with van der Waals surface area (Å²) >= 11 is 0. The minimum Gasteiger partial charge on any atom is -0.463 e. The van der Waals surface area contributed by atoms with Gasteiger partial charge in [-0.2, -0.15) is 0 Å². The van der Waals surface area contributed by atoms with Gasteiger partial charge in [-0.3, -0.25) is 4.79 Å². The largest absolute Gasteiger partial charge is 0.463 e. The first-order chi connectivity index (χ1) is 13.0. The van der Waals surface area contributed by atoms with E-state index in [9.17, 15) is 9.59 Å². The monoisotopic (exact) mass is 366 g/mol. The summed E-state index contributed by atoms with van der Waals surface area (Å²) in [7, 11) is 0. The number of esters is 2. The third-order valence-electron chi connectivity index (χ3n) is 4.03. The summed E-state index contributed by atoms with van der Waals surface area (Å²) in [5.41, 5.74) is 1.90. The fourth-order valence-corrected chi connectivity index (χ4v) is 2.66. The lowest BCUT2D eigenvalue weighted by molar-refractivity contribution is -0.161. The Morgan fingerprint density at radius 2 is 1.48 bits per heavy atom. The Balaban J connectivity index is 2.05. The molecule has 2 unspecified atom stereocenters. The third kappa shape index (κ3) is 7.10. The highest BCUT2D eigenvalue weighted by atomic mass is 16.6. The van der Waals surface area contributed by atoms with Crippen LogP contribution in [-0.2, 0) is 25.5 Å². The van der Waals surface area contributed by atoms with Crippen molar-refractivity contribution in [3.05, 3.63) is 77.9 Å². The molecule has 142 valence electrons. The third-order valence-corrected chi connectivity index (χ3v) is 4.03. The van der Waals surface area contributed by atoms with E-state index in [0.717, 1.165) is 11.1 Å². The number of ether oxygens (including phenoxy) is 2. The van der Waals surface area contributed by atoms with Gasteiger partial charge in [-0.25, -0.2) is 4.79 Å². The molecular formula is C23H26O4. The highest BCUT2D eigenvalue weighted by Gasteiger charge is 2.30. The minimum absolute atomic E-state index is 0.225. The Morgan fingerprint density at radius 1 is 0.889 bits per heavy atom. The number of rotatable bonds is 8. The van der Waals surface area contributed by atoms with Crippen molar-refractivity contribution in [2.24, 2.45) is 5.92 Å². The van der Waals surface area contributed by atoms with E-state index in [2.05, 4.69) is 0 Å². The minimum atomic E-state index is -0.607. The molecule has 2 rings (SSSR count). The Morgan fingerprint density at radius 3 is 2.07 bits per heavy atom. The van der Waals surface area contributed by atoms with Gasteiger partial charge in [0.05, 0.1) is 12.0 Å². The average molecular weight is 366 g/mol. The molecule has 0 saturated carbocycles. The molecule has 0 fully saturated rings. The van der Waals surface area contributed by atoms with E-state index in [4.69, 9.17) is 9.47 Å². The average Bonchev–Trinajstić information content (AvgIpc) is 2.65. The topological polar surface area (TPSA) is 52.6 Å². The quantitative estimate of drug-likeness (QED) is 0.512. The van der Waals surface area contributed by atoms with Crippen LogP contribution in [-0.4, -0.2) is 24.1 Å². The normalized spacial score (nSPS) is 13.3. The second-order valence-electron chi connectivity index (χ2n) is 6.67. The molecule has 4 heteroatoms. The maximum absolute atomic E-state index is 12.5. The van der Waals surface area contributed by atoms with E-state index in [1.54, 1.807) is 26.8 Å². The zero-order valence-electron chi connectivity index (χ0n) is 16.0. The second-order valence-corrected chi connectivity index (χ2v) is 6.67. The van der Waals surface area contributed by atoms with E-state index in [1.165, 1.54) is 6.08 Å². The highest BCUT2D eigenvalue weighted by Crippen LogP contribution is 2.18. The molecule has 27 heavy (non-hydrogen) atoms. The van der Waals surface area contributed by atoms with Gasteiger partial charge in [0.15, 0.2) is 0 Å². The van der Waals surface area contributed by atoms with Crippen molar-refractivity contribution in [2.75, 3.05) is 0 Å². The van der Waals surface area contributed by atoms with Gasteiger partial charge in [-0.05, 0) is 44.4 Å². The van der Waals surface area contributed by atoms with Gasteiger partial charge in [-0.1, -0.05) is 60.7 Å². The highest BCUT2D eigenvalue weighted by molar-refractivity contribution is 5.87. The van der Waals surface area contributed by atoms with Gasteiger partial charge in [0.25, 0.3) is 0 Å².